The lowest BCUT2D eigenvalue weighted by Gasteiger charge is -2.34. The summed E-state index contributed by atoms with van der Waals surface area (Å²) in [7, 11) is 3.18. The van der Waals surface area contributed by atoms with Crippen LogP contribution >= 0.6 is 0 Å². The summed E-state index contributed by atoms with van der Waals surface area (Å²) < 4.78 is 12.8. The van der Waals surface area contributed by atoms with Gasteiger partial charge in [0.05, 0.1) is 26.3 Å². The van der Waals surface area contributed by atoms with Gasteiger partial charge in [0.2, 0.25) is 0 Å². The fraction of sp³-hybridized carbons (Fsp3) is 0.241. The van der Waals surface area contributed by atoms with Crippen molar-refractivity contribution in [3.63, 3.8) is 0 Å². The Labute approximate surface area is 219 Å². The van der Waals surface area contributed by atoms with Crippen LogP contribution in [0.25, 0.3) is 10.9 Å². The number of hydrogen-bond donors (Lipinski definition) is 1. The lowest BCUT2D eigenvalue weighted by molar-refractivity contribution is 0.194. The van der Waals surface area contributed by atoms with Crippen molar-refractivity contribution in [2.24, 2.45) is 0 Å². The van der Waals surface area contributed by atoms with Crippen LogP contribution in [-0.2, 0) is 19.5 Å². The first-order chi connectivity index (χ1) is 18.6. The minimum atomic E-state index is -0.455. The number of nitrogens with one attached hydrogen (secondary N) is 1. The normalized spacial score (nSPS) is 14.3. The lowest BCUT2D eigenvalue weighted by atomic mass is 9.96. The number of ether oxygens (including phenoxy) is 2. The maximum Gasteiger partial charge on any atom is 0.253 e. The van der Waals surface area contributed by atoms with Gasteiger partial charge in [-0.15, -0.1) is 5.10 Å². The Hall–Kier alpha value is -4.50. The summed E-state index contributed by atoms with van der Waals surface area (Å²) in [4.78, 5) is 19.0. The van der Waals surface area contributed by atoms with Crippen molar-refractivity contribution >= 4 is 10.9 Å². The summed E-state index contributed by atoms with van der Waals surface area (Å²) in [5.41, 5.74) is 4.71. The SMILES string of the molecule is COc1cc2cc([C@@H](c3nnnn3Cc3ccccc3)N3CCc4ccccc4C3)c(=O)[nH]c2cc1OC. The van der Waals surface area contributed by atoms with Gasteiger partial charge >= 0.3 is 0 Å². The molecule has 9 heteroatoms. The minimum Gasteiger partial charge on any atom is -0.493 e. The average molecular weight is 509 g/mol. The molecule has 0 spiro atoms. The summed E-state index contributed by atoms with van der Waals surface area (Å²) >= 11 is 0. The third kappa shape index (κ3) is 4.41. The average Bonchev–Trinajstić information content (AvgIpc) is 3.40. The Bertz CT molecular complexity index is 1650. The number of methoxy groups -OCH3 is 2. The minimum absolute atomic E-state index is 0.192. The Morgan fingerprint density at radius 1 is 0.947 bits per heavy atom. The van der Waals surface area contributed by atoms with Gasteiger partial charge in [-0.2, -0.15) is 0 Å². The topological polar surface area (TPSA) is 98.2 Å². The second-order valence-electron chi connectivity index (χ2n) is 9.42. The molecule has 9 nitrogen and oxygen atoms in total. The third-order valence-corrected chi connectivity index (χ3v) is 7.18. The summed E-state index contributed by atoms with van der Waals surface area (Å²) in [6, 6.07) is 23.6. The number of aromatic amines is 1. The number of aromatic nitrogens is 5. The fourth-order valence-electron chi connectivity index (χ4n) is 5.27. The highest BCUT2D eigenvalue weighted by Gasteiger charge is 2.32. The molecule has 5 aromatic rings. The third-order valence-electron chi connectivity index (χ3n) is 7.18. The van der Waals surface area contributed by atoms with Crippen molar-refractivity contribution < 1.29 is 9.47 Å². The second-order valence-corrected chi connectivity index (χ2v) is 9.42. The van der Waals surface area contributed by atoms with Crippen LogP contribution in [0.15, 0.2) is 77.6 Å². The van der Waals surface area contributed by atoms with Crippen LogP contribution in [0.4, 0.5) is 0 Å². The van der Waals surface area contributed by atoms with Gasteiger partial charge in [0.15, 0.2) is 17.3 Å². The second kappa shape index (κ2) is 10.1. The van der Waals surface area contributed by atoms with Gasteiger partial charge in [-0.05, 0) is 45.7 Å². The number of hydrogen-bond acceptors (Lipinski definition) is 7. The molecule has 6 rings (SSSR count). The Morgan fingerprint density at radius 2 is 1.68 bits per heavy atom. The summed E-state index contributed by atoms with van der Waals surface area (Å²) in [6.45, 7) is 1.95. The van der Waals surface area contributed by atoms with Gasteiger partial charge < -0.3 is 14.5 Å². The van der Waals surface area contributed by atoms with Crippen molar-refractivity contribution in [3.05, 3.63) is 111 Å². The molecule has 38 heavy (non-hydrogen) atoms. The number of fused-ring (bicyclic) bond motifs is 2. The summed E-state index contributed by atoms with van der Waals surface area (Å²) in [5, 5.41) is 13.7. The molecule has 192 valence electrons. The van der Waals surface area contributed by atoms with Crippen LogP contribution in [0.3, 0.4) is 0 Å². The van der Waals surface area contributed by atoms with E-state index in [2.05, 4.69) is 49.7 Å². The van der Waals surface area contributed by atoms with Crippen LogP contribution in [-0.4, -0.2) is 50.9 Å². The van der Waals surface area contributed by atoms with Crippen molar-refractivity contribution in [2.75, 3.05) is 20.8 Å². The molecule has 0 aliphatic carbocycles. The Morgan fingerprint density at radius 3 is 2.47 bits per heavy atom. The molecule has 0 radical (unpaired) electrons. The zero-order valence-corrected chi connectivity index (χ0v) is 21.3. The van der Waals surface area contributed by atoms with Crippen LogP contribution in [0, 0.1) is 0 Å². The van der Waals surface area contributed by atoms with Crippen LogP contribution < -0.4 is 15.0 Å². The first kappa shape index (κ1) is 23.9. The van der Waals surface area contributed by atoms with Crippen LogP contribution in [0.2, 0.25) is 0 Å². The highest BCUT2D eigenvalue weighted by atomic mass is 16.5. The predicted molar refractivity (Wildman–Crippen MR) is 143 cm³/mol. The van der Waals surface area contributed by atoms with E-state index in [1.807, 2.05) is 42.5 Å². The molecule has 0 fully saturated rings. The van der Waals surface area contributed by atoms with Crippen LogP contribution in [0.5, 0.6) is 11.5 Å². The molecule has 3 heterocycles. The van der Waals surface area contributed by atoms with Crippen molar-refractivity contribution in [3.8, 4) is 11.5 Å². The van der Waals surface area contributed by atoms with E-state index < -0.39 is 6.04 Å². The quantitative estimate of drug-likeness (QED) is 0.358. The van der Waals surface area contributed by atoms with E-state index in [0.717, 1.165) is 23.9 Å². The lowest BCUT2D eigenvalue weighted by Crippen LogP contribution is -2.38. The van der Waals surface area contributed by atoms with Gasteiger partial charge in [0, 0.05) is 30.1 Å². The van der Waals surface area contributed by atoms with Gasteiger partial charge in [-0.1, -0.05) is 54.6 Å². The molecule has 0 saturated heterocycles. The molecule has 1 N–H and O–H groups in total. The van der Waals surface area contributed by atoms with E-state index in [-0.39, 0.29) is 5.56 Å². The molecule has 0 unspecified atom stereocenters. The van der Waals surface area contributed by atoms with Crippen molar-refractivity contribution in [1.29, 1.82) is 0 Å². The highest BCUT2D eigenvalue weighted by molar-refractivity contribution is 5.83. The van der Waals surface area contributed by atoms with Gasteiger partial charge in [-0.25, -0.2) is 4.68 Å². The van der Waals surface area contributed by atoms with Crippen molar-refractivity contribution in [1.82, 2.24) is 30.1 Å². The number of benzene rings is 3. The van der Waals surface area contributed by atoms with E-state index in [0.29, 0.717) is 41.5 Å². The fourth-order valence-corrected chi connectivity index (χ4v) is 5.27. The van der Waals surface area contributed by atoms with Gasteiger partial charge in [0.25, 0.3) is 5.56 Å². The van der Waals surface area contributed by atoms with E-state index in [4.69, 9.17) is 9.47 Å². The number of pyridine rings is 1. The van der Waals surface area contributed by atoms with Gasteiger partial charge in [-0.3, -0.25) is 9.69 Å². The number of tetrazole rings is 1. The zero-order chi connectivity index (χ0) is 26.1. The molecular formula is C29H28N6O3. The maximum atomic E-state index is 13.6. The molecule has 0 bridgehead atoms. The van der Waals surface area contributed by atoms with Gasteiger partial charge in [0.1, 0.15) is 6.04 Å². The zero-order valence-electron chi connectivity index (χ0n) is 21.3. The number of H-pyrrole nitrogens is 1. The molecule has 1 aliphatic heterocycles. The first-order valence-electron chi connectivity index (χ1n) is 12.5. The Kier molecular flexibility index (Phi) is 6.35. The van der Waals surface area contributed by atoms with Crippen molar-refractivity contribution in [2.45, 2.75) is 25.6 Å². The molecule has 0 saturated carbocycles. The standard InChI is InChI=1S/C29H28N6O3/c1-37-25-15-22-14-23(29(36)30-24(22)16-26(25)38-2)27(34-13-12-20-10-6-7-11-21(20)18-34)28-31-32-33-35(28)17-19-8-4-3-5-9-19/h3-11,14-16,27H,12-13,17-18H2,1-2H3,(H,30,36)/t27-/m0/s1. The van der Waals surface area contributed by atoms with Crippen LogP contribution in [0.1, 0.15) is 34.1 Å². The largest absolute Gasteiger partial charge is 0.493 e. The predicted octanol–water partition coefficient (Wildman–Crippen LogP) is 3.73. The van der Waals surface area contributed by atoms with E-state index in [1.165, 1.54) is 11.1 Å². The molecule has 2 aromatic heterocycles. The number of nitrogens with zero attached hydrogens (tertiary/aromatic N) is 5. The smallest absolute Gasteiger partial charge is 0.253 e. The molecule has 1 atom stereocenters. The van der Waals surface area contributed by atoms with E-state index >= 15 is 0 Å². The monoisotopic (exact) mass is 508 g/mol. The van der Waals surface area contributed by atoms with E-state index in [9.17, 15) is 4.79 Å². The van der Waals surface area contributed by atoms with E-state index in [1.54, 1.807) is 25.0 Å². The Balaban J connectivity index is 1.49. The summed E-state index contributed by atoms with van der Waals surface area (Å²) in [5.74, 6) is 1.77. The first-order valence-corrected chi connectivity index (χ1v) is 12.5. The maximum absolute atomic E-state index is 13.6. The molecule has 1 aliphatic rings. The number of rotatable bonds is 7. The molecule has 3 aromatic carbocycles. The molecular weight excluding hydrogens is 480 g/mol. The molecule has 0 amide bonds. The highest BCUT2D eigenvalue weighted by Crippen LogP contribution is 2.35. The summed E-state index contributed by atoms with van der Waals surface area (Å²) in [6.07, 6.45) is 0.878.